The highest BCUT2D eigenvalue weighted by molar-refractivity contribution is 5.93. The fourth-order valence-electron chi connectivity index (χ4n) is 7.53. The number of hydrogen-bond donors (Lipinski definition) is 1. The number of carbonyl (C=O) groups excluding carboxylic acids is 3. The van der Waals surface area contributed by atoms with Gasteiger partial charge in [0.25, 0.3) is 0 Å². The van der Waals surface area contributed by atoms with Crippen LogP contribution in [0.25, 0.3) is 0 Å². The number of esters is 3. The van der Waals surface area contributed by atoms with Crippen molar-refractivity contribution in [1.82, 2.24) is 0 Å². The van der Waals surface area contributed by atoms with Gasteiger partial charge in [0, 0.05) is 25.7 Å². The Balaban J connectivity index is 1.33. The third-order valence-corrected chi connectivity index (χ3v) is 10.4. The number of carbonyl (C=O) groups is 3. The fraction of sp³-hybridized carbons (Fsp3) is 0.0962. The average molecular weight is 777 g/mol. The first-order valence-corrected chi connectivity index (χ1v) is 19.4. The molecule has 1 aliphatic rings. The van der Waals surface area contributed by atoms with Crippen molar-refractivity contribution in [3.63, 3.8) is 0 Å². The predicted molar refractivity (Wildman–Crippen MR) is 227 cm³/mol. The van der Waals surface area contributed by atoms with Crippen LogP contribution < -0.4 is 14.2 Å². The van der Waals surface area contributed by atoms with Gasteiger partial charge in [-0.15, -0.1) is 6.58 Å². The SMILES string of the molecule is C=CCc1cc2c(O)c(c1)Cc1cccc(c1OC(=O)c1ccccc1)Cc1cccc(c1OC(=O)c1ccccc1)Cc1cccc(c1OC(=O)c1ccccc1)C2. The Labute approximate surface area is 342 Å². The zero-order chi connectivity index (χ0) is 40.7. The molecule has 0 radical (unpaired) electrons. The molecular weight excluding hydrogens is 737 g/mol. The summed E-state index contributed by atoms with van der Waals surface area (Å²) in [7, 11) is 0. The molecule has 0 saturated carbocycles. The summed E-state index contributed by atoms with van der Waals surface area (Å²) in [5, 5.41) is 12.0. The number of ether oxygens (including phenoxy) is 3. The molecule has 7 aromatic carbocycles. The van der Waals surface area contributed by atoms with Crippen LogP contribution in [0.5, 0.6) is 23.0 Å². The Morgan fingerprint density at radius 3 is 1.02 bits per heavy atom. The maximum atomic E-state index is 13.8. The monoisotopic (exact) mass is 776 g/mol. The van der Waals surface area contributed by atoms with Gasteiger partial charge in [0.05, 0.1) is 16.7 Å². The third kappa shape index (κ3) is 8.60. The maximum Gasteiger partial charge on any atom is 0.343 e. The molecule has 290 valence electrons. The van der Waals surface area contributed by atoms with Crippen LogP contribution in [-0.2, 0) is 32.1 Å². The van der Waals surface area contributed by atoms with Crippen LogP contribution in [0.4, 0.5) is 0 Å². The molecule has 8 bridgehead atoms. The Kier molecular flexibility index (Phi) is 11.3. The van der Waals surface area contributed by atoms with Gasteiger partial charge in [-0.3, -0.25) is 0 Å². The van der Waals surface area contributed by atoms with Crippen molar-refractivity contribution in [3.8, 4) is 23.0 Å². The summed E-state index contributed by atoms with van der Waals surface area (Å²) in [6.45, 7) is 3.96. The van der Waals surface area contributed by atoms with Crippen LogP contribution in [0, 0.1) is 0 Å². The molecule has 0 aromatic heterocycles. The summed E-state index contributed by atoms with van der Waals surface area (Å²) in [4.78, 5) is 41.3. The van der Waals surface area contributed by atoms with E-state index >= 15 is 0 Å². The van der Waals surface area contributed by atoms with E-state index < -0.39 is 17.9 Å². The second-order valence-corrected chi connectivity index (χ2v) is 14.4. The fourth-order valence-corrected chi connectivity index (χ4v) is 7.53. The van der Waals surface area contributed by atoms with E-state index in [0.29, 0.717) is 84.9 Å². The summed E-state index contributed by atoms with van der Waals surface area (Å²) < 4.78 is 18.9. The number of phenolic OH excluding ortho intramolecular Hbond substituents is 1. The normalized spacial score (nSPS) is 11.9. The van der Waals surface area contributed by atoms with E-state index in [2.05, 4.69) is 6.58 Å². The van der Waals surface area contributed by atoms with E-state index in [-0.39, 0.29) is 31.4 Å². The van der Waals surface area contributed by atoms with E-state index in [9.17, 15) is 19.5 Å². The molecule has 1 N–H and O–H groups in total. The van der Waals surface area contributed by atoms with Gasteiger partial charge in [-0.1, -0.05) is 127 Å². The van der Waals surface area contributed by atoms with Gasteiger partial charge in [0.15, 0.2) is 0 Å². The number of fused-ring (bicyclic) bond motifs is 8. The molecule has 0 saturated heterocycles. The minimum absolute atomic E-state index is 0.0849. The summed E-state index contributed by atoms with van der Waals surface area (Å²) in [5.74, 6) is -0.446. The Morgan fingerprint density at radius 1 is 0.441 bits per heavy atom. The molecule has 7 heteroatoms. The van der Waals surface area contributed by atoms with Crippen LogP contribution in [0.15, 0.2) is 170 Å². The molecular formula is C52H40O7. The Bertz CT molecular complexity index is 2540. The number of allylic oxidation sites excluding steroid dienone is 1. The number of para-hydroxylation sites is 3. The summed E-state index contributed by atoms with van der Waals surface area (Å²) >= 11 is 0. The number of phenols is 1. The Hall–Kier alpha value is -7.51. The molecule has 0 unspecified atom stereocenters. The quantitative estimate of drug-likeness (QED) is 0.0932. The van der Waals surface area contributed by atoms with Crippen molar-refractivity contribution in [1.29, 1.82) is 0 Å². The lowest BCUT2D eigenvalue weighted by Gasteiger charge is -2.21. The Morgan fingerprint density at radius 2 is 0.729 bits per heavy atom. The lowest BCUT2D eigenvalue weighted by Crippen LogP contribution is -2.15. The lowest BCUT2D eigenvalue weighted by molar-refractivity contribution is 0.0722. The molecule has 8 rings (SSSR count). The standard InChI is InChI=1S/C52H40O7/c1-2-15-34-28-44-32-42-26-13-24-40(48(42)58-51(55)36-18-8-4-9-19-36)30-38-22-12-23-39(47(38)57-50(54)35-16-6-3-7-17-35)31-41-25-14-27-43(33-45(29-34)46(44)53)49(41)59-52(56)37-20-10-5-11-21-37/h2-14,16-29,53H,1,15,30-33H2. The van der Waals surface area contributed by atoms with E-state index in [0.717, 1.165) is 5.56 Å². The zero-order valence-corrected chi connectivity index (χ0v) is 32.2. The highest BCUT2D eigenvalue weighted by atomic mass is 16.5. The second kappa shape index (κ2) is 17.3. The van der Waals surface area contributed by atoms with Crippen LogP contribution in [0.2, 0.25) is 0 Å². The van der Waals surface area contributed by atoms with Crippen molar-refractivity contribution < 1.29 is 33.7 Å². The predicted octanol–water partition coefficient (Wildman–Crippen LogP) is 10.5. The molecule has 7 nitrogen and oxygen atoms in total. The van der Waals surface area contributed by atoms with Gasteiger partial charge in [-0.2, -0.15) is 0 Å². The molecule has 0 amide bonds. The second-order valence-electron chi connectivity index (χ2n) is 14.4. The number of benzene rings is 7. The molecule has 7 aromatic rings. The van der Waals surface area contributed by atoms with Crippen molar-refractivity contribution in [2.45, 2.75) is 32.1 Å². The van der Waals surface area contributed by atoms with Crippen molar-refractivity contribution >= 4 is 17.9 Å². The first kappa shape index (κ1) is 38.4. The van der Waals surface area contributed by atoms with Crippen molar-refractivity contribution in [3.05, 3.63) is 237 Å². The van der Waals surface area contributed by atoms with Gasteiger partial charge >= 0.3 is 17.9 Å². The van der Waals surface area contributed by atoms with Crippen molar-refractivity contribution in [2.75, 3.05) is 0 Å². The average Bonchev–Trinajstić information content (AvgIpc) is 3.26. The van der Waals surface area contributed by atoms with Gasteiger partial charge < -0.3 is 19.3 Å². The van der Waals surface area contributed by atoms with Gasteiger partial charge in [-0.25, -0.2) is 14.4 Å². The first-order chi connectivity index (χ1) is 28.8. The molecule has 0 fully saturated rings. The summed E-state index contributed by atoms with van der Waals surface area (Å²) in [6, 6.07) is 47.3. The molecule has 0 spiro atoms. The van der Waals surface area contributed by atoms with E-state index in [1.165, 1.54) is 0 Å². The highest BCUT2D eigenvalue weighted by Crippen LogP contribution is 2.39. The smallest absolute Gasteiger partial charge is 0.343 e. The molecule has 0 aliphatic heterocycles. The molecule has 0 heterocycles. The number of aromatic hydroxyl groups is 1. The van der Waals surface area contributed by atoms with E-state index in [4.69, 9.17) is 14.2 Å². The van der Waals surface area contributed by atoms with E-state index in [1.54, 1.807) is 72.8 Å². The van der Waals surface area contributed by atoms with Gasteiger partial charge in [0.1, 0.15) is 23.0 Å². The molecule has 59 heavy (non-hydrogen) atoms. The topological polar surface area (TPSA) is 99.1 Å². The number of hydrogen-bond acceptors (Lipinski definition) is 7. The lowest BCUT2D eigenvalue weighted by atomic mass is 9.90. The first-order valence-electron chi connectivity index (χ1n) is 19.4. The van der Waals surface area contributed by atoms with Gasteiger partial charge in [0.2, 0.25) is 0 Å². The van der Waals surface area contributed by atoms with Crippen LogP contribution >= 0.6 is 0 Å². The minimum Gasteiger partial charge on any atom is -0.507 e. The zero-order valence-electron chi connectivity index (χ0n) is 32.2. The van der Waals surface area contributed by atoms with Crippen LogP contribution in [0.3, 0.4) is 0 Å². The third-order valence-electron chi connectivity index (χ3n) is 10.4. The summed E-state index contributed by atoms with van der Waals surface area (Å²) in [5.41, 5.74) is 7.38. The highest BCUT2D eigenvalue weighted by Gasteiger charge is 2.25. The van der Waals surface area contributed by atoms with E-state index in [1.807, 2.05) is 91.0 Å². The molecule has 0 atom stereocenters. The number of rotatable bonds is 8. The summed E-state index contributed by atoms with van der Waals surface area (Å²) in [6.07, 6.45) is 3.25. The van der Waals surface area contributed by atoms with Crippen LogP contribution in [0.1, 0.15) is 81.1 Å². The largest absolute Gasteiger partial charge is 0.507 e. The minimum atomic E-state index is -0.535. The van der Waals surface area contributed by atoms with Crippen LogP contribution in [-0.4, -0.2) is 23.0 Å². The molecule has 1 aliphatic carbocycles. The van der Waals surface area contributed by atoms with Crippen molar-refractivity contribution in [2.24, 2.45) is 0 Å². The van der Waals surface area contributed by atoms with Gasteiger partial charge in [-0.05, 0) is 92.9 Å². The maximum absolute atomic E-state index is 13.8.